The summed E-state index contributed by atoms with van der Waals surface area (Å²) in [5.74, 6) is -1.19. The molecule has 0 aliphatic carbocycles. The molecule has 0 bridgehead atoms. The minimum atomic E-state index is -0.947. The molecule has 0 fully saturated rings. The van der Waals surface area contributed by atoms with E-state index in [1.165, 1.54) is 10.9 Å². The summed E-state index contributed by atoms with van der Waals surface area (Å²) in [5, 5.41) is 12.6. The third-order valence-corrected chi connectivity index (χ3v) is 4.74. The number of fused-ring (bicyclic) bond motifs is 1. The van der Waals surface area contributed by atoms with Crippen LogP contribution in [0.15, 0.2) is 35.4 Å². The van der Waals surface area contributed by atoms with E-state index >= 15 is 0 Å². The van der Waals surface area contributed by atoms with E-state index in [1.54, 1.807) is 32.0 Å². The van der Waals surface area contributed by atoms with Gasteiger partial charge in [-0.1, -0.05) is 26.0 Å². The lowest BCUT2D eigenvalue weighted by Gasteiger charge is -2.26. The van der Waals surface area contributed by atoms with Crippen molar-refractivity contribution in [3.8, 4) is 0 Å². The number of hydrogen-bond donors (Lipinski definition) is 2. The monoisotopic (exact) mass is 345 g/mol. The number of aliphatic carboxylic acids is 1. The van der Waals surface area contributed by atoms with Crippen LogP contribution in [0.1, 0.15) is 33.1 Å². The zero-order chi connectivity index (χ0) is 18.4. The predicted octanol–water partition coefficient (Wildman–Crippen LogP) is 1.79. The number of rotatable bonds is 8. The predicted molar refractivity (Wildman–Crippen MR) is 94.3 cm³/mol. The molecule has 0 saturated carbocycles. The van der Waals surface area contributed by atoms with Crippen LogP contribution in [0, 0.1) is 5.41 Å². The van der Waals surface area contributed by atoms with Crippen molar-refractivity contribution in [1.82, 2.24) is 14.9 Å². The average molecular weight is 345 g/mol. The molecule has 7 nitrogen and oxygen atoms in total. The fourth-order valence-electron chi connectivity index (χ4n) is 2.72. The highest BCUT2D eigenvalue weighted by molar-refractivity contribution is 5.79. The van der Waals surface area contributed by atoms with Gasteiger partial charge < -0.3 is 10.4 Å². The lowest BCUT2D eigenvalue weighted by atomic mass is 9.82. The van der Waals surface area contributed by atoms with E-state index in [2.05, 4.69) is 10.3 Å². The maximum atomic E-state index is 12.4. The topological polar surface area (TPSA) is 101 Å². The normalized spacial score (nSPS) is 11.4. The van der Waals surface area contributed by atoms with Crippen LogP contribution in [-0.4, -0.2) is 33.1 Å². The minimum Gasteiger partial charge on any atom is -0.481 e. The van der Waals surface area contributed by atoms with Crippen molar-refractivity contribution in [2.24, 2.45) is 5.41 Å². The second-order valence-electron chi connectivity index (χ2n) is 6.08. The van der Waals surface area contributed by atoms with Gasteiger partial charge in [0.15, 0.2) is 0 Å². The smallest absolute Gasteiger partial charge is 0.311 e. The fraction of sp³-hybridized carbons (Fsp3) is 0.444. The molecule has 25 heavy (non-hydrogen) atoms. The van der Waals surface area contributed by atoms with Crippen LogP contribution in [0.3, 0.4) is 0 Å². The number of carboxylic acids is 1. The molecule has 0 spiro atoms. The summed E-state index contributed by atoms with van der Waals surface area (Å²) in [5.41, 5.74) is -0.525. The van der Waals surface area contributed by atoms with Gasteiger partial charge in [0.2, 0.25) is 5.91 Å². The number of carboxylic acid groups (broad SMARTS) is 1. The Hall–Kier alpha value is -2.70. The largest absolute Gasteiger partial charge is 0.481 e. The number of carbonyl (C=O) groups excluding carboxylic acids is 1. The van der Waals surface area contributed by atoms with Crippen LogP contribution in [0.2, 0.25) is 0 Å². The molecule has 2 rings (SSSR count). The Kier molecular flexibility index (Phi) is 5.90. The number of nitrogens with zero attached hydrogens (tertiary/aromatic N) is 2. The Morgan fingerprint density at radius 1 is 1.24 bits per heavy atom. The maximum Gasteiger partial charge on any atom is 0.311 e. The molecule has 2 N–H and O–H groups in total. The summed E-state index contributed by atoms with van der Waals surface area (Å²) in [6, 6.07) is 7.03. The second kappa shape index (κ2) is 7.92. The van der Waals surface area contributed by atoms with E-state index in [0.29, 0.717) is 23.7 Å². The lowest BCUT2D eigenvalue weighted by Crippen LogP contribution is -2.42. The van der Waals surface area contributed by atoms with Crippen LogP contribution in [0.5, 0.6) is 0 Å². The van der Waals surface area contributed by atoms with Gasteiger partial charge in [-0.3, -0.25) is 19.0 Å². The van der Waals surface area contributed by atoms with Gasteiger partial charge in [0.25, 0.3) is 5.56 Å². The molecule has 1 heterocycles. The van der Waals surface area contributed by atoms with E-state index in [4.69, 9.17) is 0 Å². The molecule has 1 aromatic heterocycles. The molecule has 0 atom stereocenters. The number of amides is 1. The summed E-state index contributed by atoms with van der Waals surface area (Å²) in [4.78, 5) is 40.1. The van der Waals surface area contributed by atoms with E-state index in [0.717, 1.165) is 0 Å². The average Bonchev–Trinajstić information content (AvgIpc) is 2.62. The summed E-state index contributed by atoms with van der Waals surface area (Å²) in [6.45, 7) is 3.87. The van der Waals surface area contributed by atoms with Crippen molar-refractivity contribution in [3.05, 3.63) is 40.9 Å². The van der Waals surface area contributed by atoms with Crippen LogP contribution in [-0.2, 0) is 16.1 Å². The van der Waals surface area contributed by atoms with Gasteiger partial charge >= 0.3 is 5.97 Å². The van der Waals surface area contributed by atoms with Gasteiger partial charge in [0.05, 0.1) is 22.6 Å². The zero-order valence-electron chi connectivity index (χ0n) is 14.5. The highest BCUT2D eigenvalue weighted by Gasteiger charge is 2.35. The summed E-state index contributed by atoms with van der Waals surface area (Å²) in [6.07, 6.45) is 2.39. The molecule has 7 heteroatoms. The molecule has 0 radical (unpaired) electrons. The first-order valence-corrected chi connectivity index (χ1v) is 8.38. The zero-order valence-corrected chi connectivity index (χ0v) is 14.5. The highest BCUT2D eigenvalue weighted by atomic mass is 16.4. The first-order chi connectivity index (χ1) is 11.9. The van der Waals surface area contributed by atoms with Gasteiger partial charge in [-0.05, 0) is 25.0 Å². The number of benzene rings is 1. The quantitative estimate of drug-likeness (QED) is 0.759. The van der Waals surface area contributed by atoms with Gasteiger partial charge in [-0.2, -0.15) is 0 Å². The van der Waals surface area contributed by atoms with E-state index in [9.17, 15) is 19.5 Å². The van der Waals surface area contributed by atoms with Gasteiger partial charge in [-0.15, -0.1) is 0 Å². The SMILES string of the molecule is CCC(CC)(CNC(=O)CCn1cnc2ccccc2c1=O)C(=O)O. The number of hydrogen-bond acceptors (Lipinski definition) is 4. The number of aromatic nitrogens is 2. The molecular weight excluding hydrogens is 322 g/mol. The number of carbonyl (C=O) groups is 2. The number of aryl methyl sites for hydroxylation is 1. The summed E-state index contributed by atoms with van der Waals surface area (Å²) in [7, 11) is 0. The Labute approximate surface area is 145 Å². The molecule has 0 unspecified atom stereocenters. The van der Waals surface area contributed by atoms with Gasteiger partial charge in [-0.25, -0.2) is 4.98 Å². The third kappa shape index (κ3) is 4.04. The van der Waals surface area contributed by atoms with Crippen LogP contribution < -0.4 is 10.9 Å². The Balaban J connectivity index is 2.00. The number of nitrogens with one attached hydrogen (secondary N) is 1. The Morgan fingerprint density at radius 2 is 1.92 bits per heavy atom. The number of para-hydroxylation sites is 1. The Morgan fingerprint density at radius 3 is 2.56 bits per heavy atom. The van der Waals surface area contributed by atoms with E-state index in [-0.39, 0.29) is 31.0 Å². The van der Waals surface area contributed by atoms with Crippen molar-refractivity contribution in [2.75, 3.05) is 6.54 Å². The van der Waals surface area contributed by atoms with Crippen LogP contribution in [0.4, 0.5) is 0 Å². The molecule has 0 saturated heterocycles. The van der Waals surface area contributed by atoms with Crippen molar-refractivity contribution in [3.63, 3.8) is 0 Å². The van der Waals surface area contributed by atoms with Crippen molar-refractivity contribution in [1.29, 1.82) is 0 Å². The highest BCUT2D eigenvalue weighted by Crippen LogP contribution is 2.25. The summed E-state index contributed by atoms with van der Waals surface area (Å²) < 4.78 is 1.39. The van der Waals surface area contributed by atoms with Crippen LogP contribution in [0.25, 0.3) is 10.9 Å². The standard InChI is InChI=1S/C18H23N3O4/c1-3-18(4-2,17(24)25)11-19-15(22)9-10-21-12-20-14-8-6-5-7-13(14)16(21)23/h5-8,12H,3-4,9-11H2,1-2H3,(H,19,22)(H,24,25). The molecule has 0 aliphatic rings. The molecule has 1 amide bonds. The van der Waals surface area contributed by atoms with Gasteiger partial charge in [0, 0.05) is 19.5 Å². The van der Waals surface area contributed by atoms with Gasteiger partial charge in [0.1, 0.15) is 0 Å². The minimum absolute atomic E-state index is 0.0824. The maximum absolute atomic E-state index is 12.4. The Bertz CT molecular complexity index is 824. The molecular formula is C18H23N3O4. The van der Waals surface area contributed by atoms with Crippen molar-refractivity contribution < 1.29 is 14.7 Å². The van der Waals surface area contributed by atoms with Crippen LogP contribution >= 0.6 is 0 Å². The third-order valence-electron chi connectivity index (χ3n) is 4.74. The molecule has 2 aromatic rings. The molecule has 0 aliphatic heterocycles. The van der Waals surface area contributed by atoms with E-state index < -0.39 is 11.4 Å². The fourth-order valence-corrected chi connectivity index (χ4v) is 2.72. The first kappa shape index (κ1) is 18.6. The first-order valence-electron chi connectivity index (χ1n) is 8.38. The van der Waals surface area contributed by atoms with Crippen molar-refractivity contribution >= 4 is 22.8 Å². The lowest BCUT2D eigenvalue weighted by molar-refractivity contribution is -0.149. The van der Waals surface area contributed by atoms with Crippen molar-refractivity contribution in [2.45, 2.75) is 39.7 Å². The molecule has 1 aromatic carbocycles. The second-order valence-corrected chi connectivity index (χ2v) is 6.08. The van der Waals surface area contributed by atoms with E-state index in [1.807, 2.05) is 6.07 Å². The molecule has 134 valence electrons. The summed E-state index contributed by atoms with van der Waals surface area (Å²) >= 11 is 0.